The molecule has 0 bridgehead atoms. The first kappa shape index (κ1) is 10.8. The van der Waals surface area contributed by atoms with Crippen molar-refractivity contribution in [3.05, 3.63) is 47.5 Å². The van der Waals surface area contributed by atoms with Crippen LogP contribution in [-0.2, 0) is 0 Å². The maximum absolute atomic E-state index is 4.29. The molecule has 0 radical (unpaired) electrons. The van der Waals surface area contributed by atoms with Crippen molar-refractivity contribution in [1.82, 2.24) is 0 Å². The van der Waals surface area contributed by atoms with Gasteiger partial charge in [-0.1, -0.05) is 43.3 Å². The van der Waals surface area contributed by atoms with Gasteiger partial charge in [-0.3, -0.25) is 0 Å². The molecule has 1 saturated carbocycles. The summed E-state index contributed by atoms with van der Waals surface area (Å²) in [5, 5.41) is 0. The van der Waals surface area contributed by atoms with Crippen molar-refractivity contribution in [3.8, 4) is 0 Å². The first-order valence-corrected chi connectivity index (χ1v) is 6.66. The second-order valence-electron chi connectivity index (χ2n) is 5.64. The van der Waals surface area contributed by atoms with Crippen LogP contribution in [0, 0.1) is 12.3 Å². The smallest absolute Gasteiger partial charge is 0.000302 e. The monoisotopic (exact) mass is 224 g/mol. The number of rotatable bonds is 1. The average Bonchev–Trinajstić information content (AvgIpc) is 3.04. The Morgan fingerprint density at radius 3 is 2.71 bits per heavy atom. The van der Waals surface area contributed by atoms with Gasteiger partial charge >= 0.3 is 0 Å². The fraction of sp³-hybridized carbons (Fsp3) is 0.412. The van der Waals surface area contributed by atoms with Crippen LogP contribution in [-0.4, -0.2) is 0 Å². The Kier molecular flexibility index (Phi) is 2.29. The van der Waals surface area contributed by atoms with E-state index in [0.717, 1.165) is 6.42 Å². The molecule has 0 aliphatic heterocycles. The lowest BCUT2D eigenvalue weighted by Crippen LogP contribution is -2.13. The van der Waals surface area contributed by atoms with Crippen LogP contribution < -0.4 is 0 Å². The standard InChI is InChI=1S/C17H20/c1-4-5-16-15-10-12(2)6-7-14(15)13(3)11-17(16)8-9-17/h5-7,10H,3-4,8-9,11H2,1-2H3/b16-5+. The normalized spacial score (nSPS) is 22.9. The van der Waals surface area contributed by atoms with E-state index in [1.807, 2.05) is 0 Å². The summed E-state index contributed by atoms with van der Waals surface area (Å²) in [5.74, 6) is 0. The van der Waals surface area contributed by atoms with Crippen molar-refractivity contribution in [3.63, 3.8) is 0 Å². The third-order valence-electron chi connectivity index (χ3n) is 4.23. The molecule has 2 aliphatic carbocycles. The Morgan fingerprint density at radius 1 is 1.29 bits per heavy atom. The predicted molar refractivity (Wildman–Crippen MR) is 74.8 cm³/mol. The summed E-state index contributed by atoms with van der Waals surface area (Å²) in [6.45, 7) is 8.71. The molecule has 0 heterocycles. The molecule has 1 spiro atoms. The number of fused-ring (bicyclic) bond motifs is 1. The molecule has 0 heteroatoms. The van der Waals surface area contributed by atoms with Gasteiger partial charge in [0.1, 0.15) is 0 Å². The molecule has 0 amide bonds. The van der Waals surface area contributed by atoms with Gasteiger partial charge in [0, 0.05) is 0 Å². The Labute approximate surface area is 104 Å². The molecule has 0 saturated heterocycles. The van der Waals surface area contributed by atoms with E-state index < -0.39 is 0 Å². The summed E-state index contributed by atoms with van der Waals surface area (Å²) >= 11 is 0. The highest BCUT2D eigenvalue weighted by molar-refractivity contribution is 5.88. The van der Waals surface area contributed by atoms with Crippen molar-refractivity contribution in [2.45, 2.75) is 39.5 Å². The molecule has 1 aromatic rings. The molecular weight excluding hydrogens is 204 g/mol. The lowest BCUT2D eigenvalue weighted by molar-refractivity contribution is 0.686. The summed E-state index contributed by atoms with van der Waals surface area (Å²) in [5.41, 5.74) is 7.61. The van der Waals surface area contributed by atoms with Gasteiger partial charge in [-0.05, 0) is 60.3 Å². The Morgan fingerprint density at radius 2 is 2.06 bits per heavy atom. The van der Waals surface area contributed by atoms with Gasteiger partial charge in [-0.2, -0.15) is 0 Å². The fourth-order valence-corrected chi connectivity index (χ4v) is 3.20. The summed E-state index contributed by atoms with van der Waals surface area (Å²) < 4.78 is 0. The molecular formula is C17H20. The van der Waals surface area contributed by atoms with E-state index in [1.165, 1.54) is 41.5 Å². The van der Waals surface area contributed by atoms with Crippen molar-refractivity contribution in [2.24, 2.45) is 5.41 Å². The van der Waals surface area contributed by atoms with Crippen LogP contribution in [0.2, 0.25) is 0 Å². The maximum Gasteiger partial charge on any atom is -0.000302 e. The Bertz CT molecular complexity index is 513. The van der Waals surface area contributed by atoms with E-state index in [2.05, 4.69) is 44.7 Å². The third-order valence-corrected chi connectivity index (χ3v) is 4.23. The van der Waals surface area contributed by atoms with E-state index in [0.29, 0.717) is 5.41 Å². The van der Waals surface area contributed by atoms with E-state index in [9.17, 15) is 0 Å². The highest BCUT2D eigenvalue weighted by atomic mass is 14.5. The SMILES string of the molecule is C=C1CC2(CC2)/C(=C/CC)c2cc(C)ccc21. The zero-order valence-electron chi connectivity index (χ0n) is 10.8. The number of hydrogen-bond acceptors (Lipinski definition) is 0. The molecule has 0 atom stereocenters. The number of aryl methyl sites for hydroxylation is 1. The lowest BCUT2D eigenvalue weighted by atomic mass is 9.74. The summed E-state index contributed by atoms with van der Waals surface area (Å²) in [6, 6.07) is 6.81. The summed E-state index contributed by atoms with van der Waals surface area (Å²) in [7, 11) is 0. The molecule has 3 rings (SSSR count). The zero-order chi connectivity index (χ0) is 12.0. The highest BCUT2D eigenvalue weighted by Crippen LogP contribution is 2.63. The molecule has 0 aromatic heterocycles. The fourth-order valence-electron chi connectivity index (χ4n) is 3.20. The average molecular weight is 224 g/mol. The second kappa shape index (κ2) is 3.60. The van der Waals surface area contributed by atoms with E-state index >= 15 is 0 Å². The van der Waals surface area contributed by atoms with Crippen LogP contribution >= 0.6 is 0 Å². The van der Waals surface area contributed by atoms with Crippen LogP contribution in [0.3, 0.4) is 0 Å². The van der Waals surface area contributed by atoms with Crippen LogP contribution in [0.15, 0.2) is 30.9 Å². The predicted octanol–water partition coefficient (Wildman–Crippen LogP) is 4.99. The molecule has 0 N–H and O–H groups in total. The molecule has 17 heavy (non-hydrogen) atoms. The van der Waals surface area contributed by atoms with Gasteiger partial charge in [0.2, 0.25) is 0 Å². The molecule has 88 valence electrons. The van der Waals surface area contributed by atoms with E-state index in [4.69, 9.17) is 0 Å². The minimum atomic E-state index is 0.466. The zero-order valence-corrected chi connectivity index (χ0v) is 10.8. The van der Waals surface area contributed by atoms with Crippen molar-refractivity contribution < 1.29 is 0 Å². The Hall–Kier alpha value is -1.30. The highest BCUT2D eigenvalue weighted by Gasteiger charge is 2.49. The molecule has 1 fully saturated rings. The first-order valence-electron chi connectivity index (χ1n) is 6.66. The largest absolute Gasteiger partial charge is 0.0952 e. The van der Waals surface area contributed by atoms with Crippen molar-refractivity contribution in [2.75, 3.05) is 0 Å². The van der Waals surface area contributed by atoms with E-state index in [1.54, 1.807) is 5.57 Å². The third kappa shape index (κ3) is 1.58. The van der Waals surface area contributed by atoms with Crippen LogP contribution in [0.5, 0.6) is 0 Å². The molecule has 0 unspecified atom stereocenters. The number of hydrogen-bond donors (Lipinski definition) is 0. The van der Waals surface area contributed by atoms with Crippen LogP contribution in [0.4, 0.5) is 0 Å². The van der Waals surface area contributed by atoms with Gasteiger partial charge in [0.15, 0.2) is 0 Å². The van der Waals surface area contributed by atoms with Gasteiger partial charge in [0.25, 0.3) is 0 Å². The first-order chi connectivity index (χ1) is 8.16. The minimum Gasteiger partial charge on any atom is -0.0952 e. The van der Waals surface area contributed by atoms with Crippen molar-refractivity contribution >= 4 is 11.1 Å². The van der Waals surface area contributed by atoms with Gasteiger partial charge in [0.05, 0.1) is 0 Å². The maximum atomic E-state index is 4.29. The lowest BCUT2D eigenvalue weighted by Gasteiger charge is -2.30. The number of benzene rings is 1. The second-order valence-corrected chi connectivity index (χ2v) is 5.64. The topological polar surface area (TPSA) is 0 Å². The quantitative estimate of drug-likeness (QED) is 0.630. The van der Waals surface area contributed by atoms with Crippen LogP contribution in [0.1, 0.15) is 49.3 Å². The van der Waals surface area contributed by atoms with Crippen molar-refractivity contribution in [1.29, 1.82) is 0 Å². The van der Waals surface area contributed by atoms with Gasteiger partial charge in [-0.15, -0.1) is 0 Å². The van der Waals surface area contributed by atoms with E-state index in [-0.39, 0.29) is 0 Å². The number of allylic oxidation sites excluding steroid dienone is 3. The Balaban J connectivity index is 2.21. The van der Waals surface area contributed by atoms with Crippen LogP contribution in [0.25, 0.3) is 11.1 Å². The van der Waals surface area contributed by atoms with Gasteiger partial charge < -0.3 is 0 Å². The summed E-state index contributed by atoms with van der Waals surface area (Å²) in [6.07, 6.45) is 7.46. The summed E-state index contributed by atoms with van der Waals surface area (Å²) in [4.78, 5) is 0. The van der Waals surface area contributed by atoms with Gasteiger partial charge in [-0.25, -0.2) is 0 Å². The minimum absolute atomic E-state index is 0.466. The molecule has 0 nitrogen and oxygen atoms in total. The molecule has 1 aromatic carbocycles. The molecule has 2 aliphatic rings.